The molecule has 4 aromatic rings. The first-order valence-electron chi connectivity index (χ1n) is 8.37. The summed E-state index contributed by atoms with van der Waals surface area (Å²) in [6.45, 7) is 4.21. The lowest BCUT2D eigenvalue weighted by atomic mass is 10.1. The summed E-state index contributed by atoms with van der Waals surface area (Å²) in [5, 5.41) is 4.52. The Hall–Kier alpha value is -3.20. The van der Waals surface area contributed by atoms with Crippen LogP contribution >= 0.6 is 0 Å². The molecule has 3 heteroatoms. The Bertz CT molecular complexity index is 1040. The molecule has 1 aromatic heterocycles. The van der Waals surface area contributed by atoms with E-state index in [2.05, 4.69) is 43.4 Å². The number of benzene rings is 3. The molecular weight excluding hydrogens is 306 g/mol. The van der Waals surface area contributed by atoms with Crippen LogP contribution in [0.4, 0.5) is 11.5 Å². The van der Waals surface area contributed by atoms with Gasteiger partial charge < -0.3 is 5.32 Å². The van der Waals surface area contributed by atoms with Gasteiger partial charge in [-0.15, -0.1) is 0 Å². The van der Waals surface area contributed by atoms with Crippen molar-refractivity contribution in [2.24, 2.45) is 0 Å². The average Bonchev–Trinajstić information content (AvgIpc) is 2.64. The van der Waals surface area contributed by atoms with E-state index in [1.165, 1.54) is 11.1 Å². The first-order chi connectivity index (χ1) is 12.2. The van der Waals surface area contributed by atoms with Crippen LogP contribution in [0.1, 0.15) is 11.1 Å². The molecule has 0 aliphatic carbocycles. The molecule has 1 N–H and O–H groups in total. The van der Waals surface area contributed by atoms with Crippen molar-refractivity contribution >= 4 is 22.4 Å². The Balaban J connectivity index is 1.86. The molecule has 3 aromatic carbocycles. The summed E-state index contributed by atoms with van der Waals surface area (Å²) in [4.78, 5) is 9.54. The minimum absolute atomic E-state index is 0.728. The third kappa shape index (κ3) is 3.09. The molecule has 0 saturated carbocycles. The zero-order valence-corrected chi connectivity index (χ0v) is 14.3. The monoisotopic (exact) mass is 325 g/mol. The summed E-state index contributed by atoms with van der Waals surface area (Å²) in [7, 11) is 0. The van der Waals surface area contributed by atoms with Gasteiger partial charge in [0.1, 0.15) is 5.82 Å². The Morgan fingerprint density at radius 1 is 0.760 bits per heavy atom. The highest BCUT2D eigenvalue weighted by Gasteiger charge is 2.10. The topological polar surface area (TPSA) is 37.8 Å². The Labute approximate surface area is 147 Å². The fraction of sp³-hybridized carbons (Fsp3) is 0.0909. The van der Waals surface area contributed by atoms with Crippen LogP contribution in [-0.2, 0) is 0 Å². The summed E-state index contributed by atoms with van der Waals surface area (Å²) in [6.07, 6.45) is 0. The van der Waals surface area contributed by atoms with E-state index in [0.717, 1.165) is 33.8 Å². The van der Waals surface area contributed by atoms with E-state index in [1.54, 1.807) is 0 Å². The standard InChI is InChI=1S/C22H19N3/c1-15-12-13-19(16(2)14-15)23-22-18-10-6-7-11-20(18)24-21(25-22)17-8-4-3-5-9-17/h3-14H,1-2H3,(H,23,24,25). The highest BCUT2D eigenvalue weighted by Crippen LogP contribution is 2.28. The number of hydrogen-bond acceptors (Lipinski definition) is 3. The van der Waals surface area contributed by atoms with Gasteiger partial charge in [0.25, 0.3) is 0 Å². The largest absolute Gasteiger partial charge is 0.339 e. The molecule has 25 heavy (non-hydrogen) atoms. The van der Waals surface area contributed by atoms with Crippen LogP contribution in [0.3, 0.4) is 0 Å². The van der Waals surface area contributed by atoms with Crippen LogP contribution < -0.4 is 5.32 Å². The SMILES string of the molecule is Cc1ccc(Nc2nc(-c3ccccc3)nc3ccccc23)c(C)c1. The normalized spacial score (nSPS) is 10.8. The minimum atomic E-state index is 0.728. The van der Waals surface area contributed by atoms with Gasteiger partial charge in [-0.3, -0.25) is 0 Å². The van der Waals surface area contributed by atoms with Crippen LogP contribution in [0.25, 0.3) is 22.3 Å². The number of aromatic nitrogens is 2. The van der Waals surface area contributed by atoms with Crippen LogP contribution in [0.2, 0.25) is 0 Å². The molecular formula is C22H19N3. The first kappa shape index (κ1) is 15.3. The van der Waals surface area contributed by atoms with Crippen LogP contribution in [0.15, 0.2) is 72.8 Å². The molecule has 0 spiro atoms. The molecule has 4 rings (SSSR count). The van der Waals surface area contributed by atoms with Gasteiger partial charge in [0, 0.05) is 16.6 Å². The van der Waals surface area contributed by atoms with Crippen molar-refractivity contribution in [1.82, 2.24) is 9.97 Å². The lowest BCUT2D eigenvalue weighted by Gasteiger charge is -2.13. The summed E-state index contributed by atoms with van der Waals surface area (Å²) in [6, 6.07) is 24.6. The highest BCUT2D eigenvalue weighted by atomic mass is 15.0. The van der Waals surface area contributed by atoms with Crippen molar-refractivity contribution in [1.29, 1.82) is 0 Å². The number of nitrogens with zero attached hydrogens (tertiary/aromatic N) is 2. The molecule has 1 heterocycles. The number of para-hydroxylation sites is 1. The number of rotatable bonds is 3. The summed E-state index contributed by atoms with van der Waals surface area (Å²) in [5.41, 5.74) is 5.46. The molecule has 0 aliphatic heterocycles. The molecule has 0 aliphatic rings. The molecule has 0 unspecified atom stereocenters. The van der Waals surface area contributed by atoms with Gasteiger partial charge in [-0.25, -0.2) is 9.97 Å². The lowest BCUT2D eigenvalue weighted by molar-refractivity contribution is 1.22. The van der Waals surface area contributed by atoms with E-state index in [1.807, 2.05) is 48.5 Å². The van der Waals surface area contributed by atoms with E-state index in [0.29, 0.717) is 0 Å². The fourth-order valence-electron chi connectivity index (χ4n) is 2.97. The predicted molar refractivity (Wildman–Crippen MR) is 104 cm³/mol. The minimum Gasteiger partial charge on any atom is -0.339 e. The van der Waals surface area contributed by atoms with Gasteiger partial charge in [0.05, 0.1) is 5.52 Å². The highest BCUT2D eigenvalue weighted by molar-refractivity contribution is 5.92. The molecule has 0 fully saturated rings. The van der Waals surface area contributed by atoms with E-state index >= 15 is 0 Å². The van der Waals surface area contributed by atoms with Gasteiger partial charge in [0.15, 0.2) is 5.82 Å². The van der Waals surface area contributed by atoms with Crippen LogP contribution in [-0.4, -0.2) is 9.97 Å². The van der Waals surface area contributed by atoms with E-state index in [4.69, 9.17) is 9.97 Å². The molecule has 122 valence electrons. The van der Waals surface area contributed by atoms with Gasteiger partial charge in [0.2, 0.25) is 0 Å². The molecule has 0 radical (unpaired) electrons. The number of anilines is 2. The Kier molecular flexibility index (Phi) is 3.90. The number of fused-ring (bicyclic) bond motifs is 1. The third-order valence-corrected chi connectivity index (χ3v) is 4.27. The second kappa shape index (κ2) is 6.36. The zero-order chi connectivity index (χ0) is 17.2. The van der Waals surface area contributed by atoms with Gasteiger partial charge in [-0.05, 0) is 37.6 Å². The van der Waals surface area contributed by atoms with Crippen molar-refractivity contribution in [2.75, 3.05) is 5.32 Å². The van der Waals surface area contributed by atoms with Crippen molar-refractivity contribution in [3.8, 4) is 11.4 Å². The Morgan fingerprint density at radius 2 is 1.52 bits per heavy atom. The summed E-state index contributed by atoms with van der Waals surface area (Å²) >= 11 is 0. The fourth-order valence-corrected chi connectivity index (χ4v) is 2.97. The number of hydrogen-bond donors (Lipinski definition) is 1. The first-order valence-corrected chi connectivity index (χ1v) is 8.37. The van der Waals surface area contributed by atoms with Crippen LogP contribution in [0.5, 0.6) is 0 Å². The quantitative estimate of drug-likeness (QED) is 0.528. The van der Waals surface area contributed by atoms with Crippen molar-refractivity contribution < 1.29 is 0 Å². The predicted octanol–water partition coefficient (Wildman–Crippen LogP) is 5.66. The van der Waals surface area contributed by atoms with Crippen molar-refractivity contribution in [3.63, 3.8) is 0 Å². The van der Waals surface area contributed by atoms with Crippen molar-refractivity contribution in [2.45, 2.75) is 13.8 Å². The zero-order valence-electron chi connectivity index (χ0n) is 14.3. The third-order valence-electron chi connectivity index (χ3n) is 4.27. The lowest BCUT2D eigenvalue weighted by Crippen LogP contribution is -2.00. The maximum absolute atomic E-state index is 4.81. The van der Waals surface area contributed by atoms with Crippen LogP contribution in [0, 0.1) is 13.8 Å². The molecule has 0 atom stereocenters. The number of nitrogens with one attached hydrogen (secondary N) is 1. The maximum atomic E-state index is 4.81. The number of aryl methyl sites for hydroxylation is 2. The second-order valence-corrected chi connectivity index (χ2v) is 6.22. The summed E-state index contributed by atoms with van der Waals surface area (Å²) in [5.74, 6) is 1.56. The Morgan fingerprint density at radius 3 is 2.32 bits per heavy atom. The van der Waals surface area contributed by atoms with E-state index in [-0.39, 0.29) is 0 Å². The molecule has 0 bridgehead atoms. The van der Waals surface area contributed by atoms with Crippen molar-refractivity contribution in [3.05, 3.63) is 83.9 Å². The smallest absolute Gasteiger partial charge is 0.162 e. The molecule has 0 saturated heterocycles. The maximum Gasteiger partial charge on any atom is 0.162 e. The van der Waals surface area contributed by atoms with E-state index < -0.39 is 0 Å². The second-order valence-electron chi connectivity index (χ2n) is 6.22. The summed E-state index contributed by atoms with van der Waals surface area (Å²) < 4.78 is 0. The van der Waals surface area contributed by atoms with E-state index in [9.17, 15) is 0 Å². The molecule has 0 amide bonds. The van der Waals surface area contributed by atoms with Gasteiger partial charge in [-0.2, -0.15) is 0 Å². The van der Waals surface area contributed by atoms with Gasteiger partial charge in [-0.1, -0.05) is 60.2 Å². The van der Waals surface area contributed by atoms with Gasteiger partial charge >= 0.3 is 0 Å². The molecule has 3 nitrogen and oxygen atoms in total. The average molecular weight is 325 g/mol.